The third-order valence-electron chi connectivity index (χ3n) is 3.17. The molecule has 1 amide bonds. The van der Waals surface area contributed by atoms with Crippen LogP contribution in [0.5, 0.6) is 0 Å². The molecule has 6 nitrogen and oxygen atoms in total. The van der Waals surface area contributed by atoms with Crippen LogP contribution in [0.3, 0.4) is 0 Å². The van der Waals surface area contributed by atoms with Crippen molar-refractivity contribution in [2.24, 2.45) is 16.3 Å². The molecule has 1 aromatic carbocycles. The summed E-state index contributed by atoms with van der Waals surface area (Å²) >= 11 is 0. The van der Waals surface area contributed by atoms with E-state index in [4.69, 9.17) is 10.9 Å². The number of benzene rings is 1. The Morgan fingerprint density at radius 3 is 2.44 bits per heavy atom. The summed E-state index contributed by atoms with van der Waals surface area (Å²) in [6, 6.07) is 6.04. The molecule has 0 aliphatic heterocycles. The first kappa shape index (κ1) is 13.0. The summed E-state index contributed by atoms with van der Waals surface area (Å²) in [5.41, 5.74) is 5.21. The number of para-hydroxylation sites is 1. The normalized spacial score (nSPS) is 17.2. The lowest BCUT2D eigenvalue weighted by molar-refractivity contribution is -0.120. The summed E-state index contributed by atoms with van der Waals surface area (Å²) in [4.78, 5) is 11.9. The predicted molar refractivity (Wildman–Crippen MR) is 67.2 cm³/mol. The maximum Gasteiger partial charge on any atom is 0.240 e. The number of carbonyl (C=O) groups excluding carboxylic acids is 1. The van der Waals surface area contributed by atoms with E-state index in [-0.39, 0.29) is 23.0 Å². The second-order valence-corrected chi connectivity index (χ2v) is 6.01. The molecule has 5 N–H and O–H groups in total. The Labute approximate surface area is 105 Å². The molecular weight excluding hydrogens is 254 g/mol. The largest absolute Gasteiger partial charge is 0.329 e. The number of hydrogen-bond acceptors (Lipinski definition) is 4. The fourth-order valence-corrected chi connectivity index (χ4v) is 2.44. The Hall–Kier alpha value is -1.44. The molecule has 1 fully saturated rings. The number of amides is 1. The van der Waals surface area contributed by atoms with Gasteiger partial charge in [0.2, 0.25) is 15.9 Å². The third kappa shape index (κ3) is 2.38. The lowest BCUT2D eigenvalue weighted by Crippen LogP contribution is -2.31. The standard InChI is InChI=1S/C11H15N3O3S/c12-7-11(5-6-11)10(15)14-8-3-1-2-4-9(8)18(13,16)17/h1-4H,5-7,12H2,(H,14,15)(H2,13,16,17). The third-order valence-corrected chi connectivity index (χ3v) is 4.14. The van der Waals surface area contributed by atoms with E-state index in [9.17, 15) is 13.2 Å². The van der Waals surface area contributed by atoms with E-state index in [1.165, 1.54) is 12.1 Å². The molecule has 0 bridgehead atoms. The van der Waals surface area contributed by atoms with E-state index in [2.05, 4.69) is 5.32 Å². The van der Waals surface area contributed by atoms with Crippen molar-refractivity contribution in [3.8, 4) is 0 Å². The minimum atomic E-state index is -3.86. The van der Waals surface area contributed by atoms with Crippen molar-refractivity contribution in [3.05, 3.63) is 24.3 Å². The second-order valence-electron chi connectivity index (χ2n) is 4.48. The van der Waals surface area contributed by atoms with Gasteiger partial charge in [-0.2, -0.15) is 0 Å². The van der Waals surface area contributed by atoms with E-state index in [0.717, 1.165) is 12.8 Å². The van der Waals surface area contributed by atoms with Crippen LogP contribution in [-0.2, 0) is 14.8 Å². The van der Waals surface area contributed by atoms with Gasteiger partial charge < -0.3 is 11.1 Å². The average Bonchev–Trinajstić information content (AvgIpc) is 3.09. The first-order valence-corrected chi connectivity index (χ1v) is 7.07. The Morgan fingerprint density at radius 1 is 1.33 bits per heavy atom. The van der Waals surface area contributed by atoms with Gasteiger partial charge in [0, 0.05) is 6.54 Å². The second kappa shape index (κ2) is 4.34. The maximum atomic E-state index is 12.0. The molecule has 2 rings (SSSR count). The number of rotatable bonds is 4. The van der Waals surface area contributed by atoms with Gasteiger partial charge in [-0.3, -0.25) is 4.79 Å². The monoisotopic (exact) mass is 269 g/mol. The van der Waals surface area contributed by atoms with Crippen LogP contribution in [0.15, 0.2) is 29.2 Å². The molecule has 0 heterocycles. The molecule has 0 unspecified atom stereocenters. The van der Waals surface area contributed by atoms with Crippen LogP contribution < -0.4 is 16.2 Å². The van der Waals surface area contributed by atoms with E-state index in [0.29, 0.717) is 0 Å². The van der Waals surface area contributed by atoms with Crippen LogP contribution in [0.1, 0.15) is 12.8 Å². The summed E-state index contributed by atoms with van der Waals surface area (Å²) in [6.45, 7) is 0.260. The zero-order chi connectivity index (χ0) is 13.4. The van der Waals surface area contributed by atoms with E-state index >= 15 is 0 Å². The van der Waals surface area contributed by atoms with Crippen LogP contribution in [0, 0.1) is 5.41 Å². The van der Waals surface area contributed by atoms with Crippen molar-refractivity contribution in [2.45, 2.75) is 17.7 Å². The number of primary sulfonamides is 1. The molecule has 1 aliphatic carbocycles. The van der Waals surface area contributed by atoms with Gasteiger partial charge in [0.1, 0.15) is 4.90 Å². The Bertz CT molecular complexity index is 579. The summed E-state index contributed by atoms with van der Waals surface area (Å²) in [7, 11) is -3.86. The van der Waals surface area contributed by atoms with E-state index in [1.807, 2.05) is 0 Å². The van der Waals surface area contributed by atoms with E-state index in [1.54, 1.807) is 12.1 Å². The van der Waals surface area contributed by atoms with Gasteiger partial charge in [-0.15, -0.1) is 0 Å². The van der Waals surface area contributed by atoms with Crippen LogP contribution in [0.4, 0.5) is 5.69 Å². The molecule has 1 aliphatic rings. The number of nitrogens with one attached hydrogen (secondary N) is 1. The summed E-state index contributed by atoms with van der Waals surface area (Å²) in [5, 5.41) is 7.68. The number of carbonyl (C=O) groups is 1. The lowest BCUT2D eigenvalue weighted by atomic mass is 10.1. The molecule has 18 heavy (non-hydrogen) atoms. The number of nitrogens with two attached hydrogens (primary N) is 2. The summed E-state index contributed by atoms with van der Waals surface area (Å²) in [6.07, 6.45) is 1.46. The van der Waals surface area contributed by atoms with Crippen LogP contribution in [0.2, 0.25) is 0 Å². The predicted octanol–water partition coefficient (Wildman–Crippen LogP) is 0.0114. The van der Waals surface area contributed by atoms with Crippen molar-refractivity contribution in [1.29, 1.82) is 0 Å². The molecule has 0 aromatic heterocycles. The van der Waals surface area contributed by atoms with Crippen molar-refractivity contribution < 1.29 is 13.2 Å². The molecular formula is C11H15N3O3S. The molecule has 0 spiro atoms. The highest BCUT2D eigenvalue weighted by Gasteiger charge is 2.48. The van der Waals surface area contributed by atoms with E-state index < -0.39 is 15.4 Å². The Kier molecular flexibility index (Phi) is 3.14. The fraction of sp³-hybridized carbons (Fsp3) is 0.364. The Balaban J connectivity index is 2.28. The average molecular weight is 269 g/mol. The zero-order valence-electron chi connectivity index (χ0n) is 9.72. The first-order chi connectivity index (χ1) is 8.39. The van der Waals surface area contributed by atoms with Crippen LogP contribution in [-0.4, -0.2) is 20.9 Å². The molecule has 1 saturated carbocycles. The SMILES string of the molecule is NCC1(C(=O)Nc2ccccc2S(N)(=O)=O)CC1. The van der Waals surface area contributed by atoms with Crippen molar-refractivity contribution in [3.63, 3.8) is 0 Å². The highest BCUT2D eigenvalue weighted by molar-refractivity contribution is 7.89. The first-order valence-electron chi connectivity index (χ1n) is 5.52. The maximum absolute atomic E-state index is 12.0. The van der Waals surface area contributed by atoms with Crippen LogP contribution in [0.25, 0.3) is 0 Å². The fourth-order valence-electron chi connectivity index (χ4n) is 1.75. The highest BCUT2D eigenvalue weighted by Crippen LogP contribution is 2.45. The zero-order valence-corrected chi connectivity index (χ0v) is 10.5. The topological polar surface area (TPSA) is 115 Å². The molecule has 1 aromatic rings. The Morgan fingerprint density at radius 2 is 1.94 bits per heavy atom. The van der Waals surface area contributed by atoms with Gasteiger partial charge >= 0.3 is 0 Å². The van der Waals surface area contributed by atoms with Gasteiger partial charge in [0.15, 0.2) is 0 Å². The quantitative estimate of drug-likeness (QED) is 0.714. The molecule has 98 valence electrons. The van der Waals surface area contributed by atoms with Crippen molar-refractivity contribution >= 4 is 21.6 Å². The van der Waals surface area contributed by atoms with Gasteiger partial charge in [-0.1, -0.05) is 12.1 Å². The van der Waals surface area contributed by atoms with Crippen molar-refractivity contribution in [2.75, 3.05) is 11.9 Å². The summed E-state index contributed by atoms with van der Waals surface area (Å²) < 4.78 is 22.7. The van der Waals surface area contributed by atoms with Gasteiger partial charge in [0.05, 0.1) is 11.1 Å². The molecule has 0 atom stereocenters. The summed E-state index contributed by atoms with van der Waals surface area (Å²) in [5.74, 6) is -0.249. The number of sulfonamides is 1. The minimum absolute atomic E-state index is 0.0915. The highest BCUT2D eigenvalue weighted by atomic mass is 32.2. The molecule has 7 heteroatoms. The van der Waals surface area contributed by atoms with Gasteiger partial charge in [-0.25, -0.2) is 13.6 Å². The molecule has 0 radical (unpaired) electrons. The van der Waals surface area contributed by atoms with Gasteiger partial charge in [0.25, 0.3) is 0 Å². The van der Waals surface area contributed by atoms with Crippen molar-refractivity contribution in [1.82, 2.24) is 0 Å². The van der Waals surface area contributed by atoms with Crippen LogP contribution >= 0.6 is 0 Å². The lowest BCUT2D eigenvalue weighted by Gasteiger charge is -2.14. The number of anilines is 1. The van der Waals surface area contributed by atoms with Gasteiger partial charge in [-0.05, 0) is 25.0 Å². The smallest absolute Gasteiger partial charge is 0.240 e. The number of hydrogen-bond donors (Lipinski definition) is 3. The molecule has 0 saturated heterocycles. The minimum Gasteiger partial charge on any atom is -0.329 e.